The van der Waals surface area contributed by atoms with Gasteiger partial charge >= 0.3 is 0 Å². The number of hydrogen-bond donors (Lipinski definition) is 0. The van der Waals surface area contributed by atoms with Gasteiger partial charge in [0, 0.05) is 0 Å². The quantitative estimate of drug-likeness (QED) is 0.709. The standard InChI is InChI=1S/C18H14FN3O2S/c1-11-20-15-5-3-2-4-14(15)17(24)21(11)22-16(23)10-25-18(22)12-6-8-13(19)9-7-12/h2-9,18H,10H2,1H3. The van der Waals surface area contributed by atoms with Crippen LogP contribution in [0.2, 0.25) is 0 Å². The second-order valence-corrected chi connectivity index (χ2v) is 6.81. The van der Waals surface area contributed by atoms with Gasteiger partial charge < -0.3 is 0 Å². The number of thioether (sulfide) groups is 1. The van der Waals surface area contributed by atoms with Crippen LogP contribution in [0.1, 0.15) is 16.8 Å². The van der Waals surface area contributed by atoms with E-state index in [4.69, 9.17) is 0 Å². The Morgan fingerprint density at radius 2 is 1.84 bits per heavy atom. The maximum absolute atomic E-state index is 13.2. The summed E-state index contributed by atoms with van der Waals surface area (Å²) in [5, 5.41) is 1.48. The highest BCUT2D eigenvalue weighted by molar-refractivity contribution is 8.00. The van der Waals surface area contributed by atoms with Crippen LogP contribution in [0.4, 0.5) is 4.39 Å². The van der Waals surface area contributed by atoms with Crippen molar-refractivity contribution in [3.63, 3.8) is 0 Å². The molecule has 3 aromatic rings. The Morgan fingerprint density at radius 3 is 2.60 bits per heavy atom. The van der Waals surface area contributed by atoms with Crippen molar-refractivity contribution in [2.75, 3.05) is 10.8 Å². The van der Waals surface area contributed by atoms with Crippen LogP contribution in [0.5, 0.6) is 0 Å². The third kappa shape index (κ3) is 2.60. The molecule has 1 unspecified atom stereocenters. The molecule has 1 saturated heterocycles. The fourth-order valence-corrected chi connectivity index (χ4v) is 4.12. The predicted octanol–water partition coefficient (Wildman–Crippen LogP) is 2.75. The third-order valence-electron chi connectivity index (χ3n) is 4.13. The van der Waals surface area contributed by atoms with Crippen LogP contribution in [-0.2, 0) is 4.79 Å². The molecule has 2 aromatic carbocycles. The molecule has 126 valence electrons. The Hall–Kier alpha value is -2.67. The molecule has 1 amide bonds. The summed E-state index contributed by atoms with van der Waals surface area (Å²) in [7, 11) is 0. The number of hydrogen-bond acceptors (Lipinski definition) is 4. The van der Waals surface area contributed by atoms with Gasteiger partial charge in [-0.05, 0) is 36.8 Å². The highest BCUT2D eigenvalue weighted by atomic mass is 32.2. The van der Waals surface area contributed by atoms with Crippen LogP contribution in [-0.4, -0.2) is 21.3 Å². The summed E-state index contributed by atoms with van der Waals surface area (Å²) < 4.78 is 14.6. The molecule has 0 N–H and O–H groups in total. The highest BCUT2D eigenvalue weighted by Gasteiger charge is 2.36. The number of amides is 1. The van der Waals surface area contributed by atoms with Crippen molar-refractivity contribution in [2.24, 2.45) is 0 Å². The zero-order valence-electron chi connectivity index (χ0n) is 13.3. The summed E-state index contributed by atoms with van der Waals surface area (Å²) in [5.41, 5.74) is 1.07. The molecule has 25 heavy (non-hydrogen) atoms. The van der Waals surface area contributed by atoms with Crippen molar-refractivity contribution in [3.05, 3.63) is 76.1 Å². The fraction of sp³-hybridized carbons (Fsp3) is 0.167. The lowest BCUT2D eigenvalue weighted by atomic mass is 10.2. The van der Waals surface area contributed by atoms with Gasteiger partial charge in [-0.15, -0.1) is 11.8 Å². The third-order valence-corrected chi connectivity index (χ3v) is 5.33. The molecule has 2 heterocycles. The molecular formula is C18H14FN3O2S. The molecule has 0 aliphatic carbocycles. The molecule has 4 rings (SSSR count). The molecule has 1 aliphatic heterocycles. The molecule has 1 aromatic heterocycles. The van der Waals surface area contributed by atoms with Crippen molar-refractivity contribution >= 4 is 28.6 Å². The number of carbonyl (C=O) groups is 1. The van der Waals surface area contributed by atoms with Crippen molar-refractivity contribution in [1.82, 2.24) is 9.66 Å². The summed E-state index contributed by atoms with van der Waals surface area (Å²) in [6.45, 7) is 1.70. The van der Waals surface area contributed by atoms with Gasteiger partial charge in [0.2, 0.25) is 0 Å². The van der Waals surface area contributed by atoms with E-state index in [1.54, 1.807) is 37.3 Å². The number of benzene rings is 2. The minimum absolute atomic E-state index is 0.179. The first-order valence-electron chi connectivity index (χ1n) is 7.74. The SMILES string of the molecule is Cc1nc2ccccc2c(=O)n1N1C(=O)CSC1c1ccc(F)cc1. The molecule has 1 aliphatic rings. The van der Waals surface area contributed by atoms with Crippen LogP contribution >= 0.6 is 11.8 Å². The van der Waals surface area contributed by atoms with Crippen molar-refractivity contribution in [2.45, 2.75) is 12.3 Å². The molecule has 0 spiro atoms. The second kappa shape index (κ2) is 6.00. The van der Waals surface area contributed by atoms with E-state index >= 15 is 0 Å². The van der Waals surface area contributed by atoms with Gasteiger partial charge in [-0.3, -0.25) is 9.59 Å². The largest absolute Gasteiger partial charge is 0.280 e. The van der Waals surface area contributed by atoms with Gasteiger partial charge in [0.15, 0.2) is 0 Å². The van der Waals surface area contributed by atoms with Gasteiger partial charge in [0.25, 0.3) is 11.5 Å². The Balaban J connectivity index is 1.89. The van der Waals surface area contributed by atoms with E-state index in [0.29, 0.717) is 16.7 Å². The highest BCUT2D eigenvalue weighted by Crippen LogP contribution is 2.37. The fourth-order valence-electron chi connectivity index (χ4n) is 2.99. The summed E-state index contributed by atoms with van der Waals surface area (Å²) in [6.07, 6.45) is 0. The molecular weight excluding hydrogens is 341 g/mol. The van der Waals surface area contributed by atoms with Crippen LogP contribution in [0, 0.1) is 12.7 Å². The van der Waals surface area contributed by atoms with Crippen molar-refractivity contribution in [1.29, 1.82) is 0 Å². The summed E-state index contributed by atoms with van der Waals surface area (Å²) >= 11 is 1.40. The molecule has 5 nitrogen and oxygen atoms in total. The van der Waals surface area contributed by atoms with E-state index in [2.05, 4.69) is 4.98 Å². The van der Waals surface area contributed by atoms with E-state index < -0.39 is 5.37 Å². The monoisotopic (exact) mass is 355 g/mol. The Kier molecular flexibility index (Phi) is 3.80. The first kappa shape index (κ1) is 15.8. The van der Waals surface area contributed by atoms with Gasteiger partial charge in [-0.2, -0.15) is 4.68 Å². The Morgan fingerprint density at radius 1 is 1.12 bits per heavy atom. The zero-order valence-corrected chi connectivity index (χ0v) is 14.2. The molecule has 0 bridgehead atoms. The predicted molar refractivity (Wildman–Crippen MR) is 95.6 cm³/mol. The first-order chi connectivity index (χ1) is 12.1. The lowest BCUT2D eigenvalue weighted by Gasteiger charge is -2.27. The number of fused-ring (bicyclic) bond motifs is 1. The number of aryl methyl sites for hydroxylation is 1. The van der Waals surface area contributed by atoms with Crippen LogP contribution in [0.25, 0.3) is 10.9 Å². The van der Waals surface area contributed by atoms with Crippen molar-refractivity contribution < 1.29 is 9.18 Å². The average Bonchev–Trinajstić information content (AvgIpc) is 2.97. The van der Waals surface area contributed by atoms with E-state index in [-0.39, 0.29) is 23.0 Å². The summed E-state index contributed by atoms with van der Waals surface area (Å²) in [5.74, 6) is 0.166. The number of para-hydroxylation sites is 1. The van der Waals surface area contributed by atoms with Gasteiger partial charge in [0.05, 0.1) is 16.7 Å². The molecule has 0 saturated carbocycles. The minimum atomic E-state index is -0.396. The first-order valence-corrected chi connectivity index (χ1v) is 8.79. The lowest BCUT2D eigenvalue weighted by molar-refractivity contribution is -0.117. The molecule has 1 atom stereocenters. The Labute approximate surface area is 147 Å². The smallest absolute Gasteiger partial charge is 0.272 e. The number of carbonyl (C=O) groups excluding carboxylic acids is 1. The maximum atomic E-state index is 13.2. The van der Waals surface area contributed by atoms with E-state index in [0.717, 1.165) is 5.56 Å². The number of halogens is 1. The number of rotatable bonds is 2. The molecule has 1 fully saturated rings. The van der Waals surface area contributed by atoms with E-state index in [1.165, 1.54) is 33.6 Å². The summed E-state index contributed by atoms with van der Waals surface area (Å²) in [4.78, 5) is 29.9. The molecule has 7 heteroatoms. The zero-order chi connectivity index (χ0) is 17.6. The average molecular weight is 355 g/mol. The normalized spacial score (nSPS) is 17.4. The van der Waals surface area contributed by atoms with E-state index in [1.807, 2.05) is 6.07 Å². The van der Waals surface area contributed by atoms with Crippen molar-refractivity contribution in [3.8, 4) is 0 Å². The van der Waals surface area contributed by atoms with Crippen LogP contribution in [0.3, 0.4) is 0 Å². The minimum Gasteiger partial charge on any atom is -0.272 e. The second-order valence-electron chi connectivity index (χ2n) is 5.75. The maximum Gasteiger partial charge on any atom is 0.280 e. The van der Waals surface area contributed by atoms with Crippen LogP contribution in [0.15, 0.2) is 53.3 Å². The van der Waals surface area contributed by atoms with Gasteiger partial charge in [0.1, 0.15) is 17.0 Å². The van der Waals surface area contributed by atoms with Gasteiger partial charge in [-0.1, -0.05) is 24.3 Å². The van der Waals surface area contributed by atoms with E-state index in [9.17, 15) is 14.0 Å². The Bertz CT molecular complexity index is 1030. The lowest BCUT2D eigenvalue weighted by Crippen LogP contribution is -2.46. The summed E-state index contributed by atoms with van der Waals surface area (Å²) in [6, 6.07) is 13.0. The molecule has 0 radical (unpaired) electrons. The topological polar surface area (TPSA) is 55.2 Å². The number of nitrogens with zero attached hydrogens (tertiary/aromatic N) is 3. The number of aromatic nitrogens is 2. The van der Waals surface area contributed by atoms with Crippen LogP contribution < -0.4 is 10.6 Å². The van der Waals surface area contributed by atoms with Gasteiger partial charge in [-0.25, -0.2) is 14.4 Å².